The van der Waals surface area contributed by atoms with E-state index in [0.29, 0.717) is 18.5 Å². The van der Waals surface area contributed by atoms with Gasteiger partial charge in [-0.1, -0.05) is 18.2 Å². The van der Waals surface area contributed by atoms with E-state index in [9.17, 15) is 14.4 Å². The fourth-order valence-electron chi connectivity index (χ4n) is 3.11. The Balaban J connectivity index is 1.53. The van der Waals surface area contributed by atoms with Crippen molar-refractivity contribution in [1.29, 1.82) is 0 Å². The van der Waals surface area contributed by atoms with Gasteiger partial charge >= 0.3 is 5.97 Å². The minimum atomic E-state index is -0.425. The van der Waals surface area contributed by atoms with Gasteiger partial charge in [-0.05, 0) is 61.2 Å². The molecule has 27 heavy (non-hydrogen) atoms. The zero-order valence-corrected chi connectivity index (χ0v) is 15.7. The van der Waals surface area contributed by atoms with E-state index >= 15 is 0 Å². The second-order valence-corrected chi connectivity index (χ2v) is 6.88. The number of esters is 1. The van der Waals surface area contributed by atoms with Crippen LogP contribution in [0.2, 0.25) is 0 Å². The molecular weight excluding hydrogens is 342 g/mol. The molecule has 0 spiro atoms. The number of carbonyl (C=O) groups excluding carboxylic acids is 3. The molecule has 0 bridgehead atoms. The van der Waals surface area contributed by atoms with E-state index in [2.05, 4.69) is 0 Å². The Bertz CT molecular complexity index is 870. The third-order valence-electron chi connectivity index (χ3n) is 4.86. The third-order valence-corrected chi connectivity index (χ3v) is 4.86. The minimum absolute atomic E-state index is 0.106. The van der Waals surface area contributed by atoms with Crippen molar-refractivity contribution in [2.45, 2.75) is 33.1 Å². The summed E-state index contributed by atoms with van der Waals surface area (Å²) in [6, 6.07) is 12.7. The van der Waals surface area contributed by atoms with E-state index in [-0.39, 0.29) is 24.7 Å². The van der Waals surface area contributed by atoms with Crippen LogP contribution in [0.5, 0.6) is 0 Å². The van der Waals surface area contributed by atoms with Gasteiger partial charge in [-0.15, -0.1) is 0 Å². The SMILES string of the molecule is Cc1ccc(CC(=O)OCC(=O)c2ccc(N3CCCC3=O)cc2)cc1C. The highest BCUT2D eigenvalue weighted by atomic mass is 16.5. The Morgan fingerprint density at radius 2 is 1.78 bits per heavy atom. The molecule has 0 aliphatic carbocycles. The number of rotatable bonds is 6. The Hall–Kier alpha value is -2.95. The van der Waals surface area contributed by atoms with Crippen LogP contribution in [0.1, 0.15) is 39.9 Å². The minimum Gasteiger partial charge on any atom is -0.457 e. The summed E-state index contributed by atoms with van der Waals surface area (Å²) in [5, 5.41) is 0. The standard InChI is InChI=1S/C22H23NO4/c1-15-5-6-17(12-16(15)2)13-22(26)27-14-20(24)18-7-9-19(10-8-18)23-11-3-4-21(23)25/h5-10,12H,3-4,11,13-14H2,1-2H3. The number of aryl methyl sites for hydroxylation is 2. The highest BCUT2D eigenvalue weighted by Gasteiger charge is 2.21. The lowest BCUT2D eigenvalue weighted by Gasteiger charge is -2.15. The van der Waals surface area contributed by atoms with Crippen molar-refractivity contribution in [2.75, 3.05) is 18.1 Å². The lowest BCUT2D eigenvalue weighted by atomic mass is 10.0. The highest BCUT2D eigenvalue weighted by Crippen LogP contribution is 2.21. The van der Waals surface area contributed by atoms with E-state index in [4.69, 9.17) is 4.74 Å². The maximum absolute atomic E-state index is 12.2. The first-order chi connectivity index (χ1) is 12.9. The summed E-state index contributed by atoms with van der Waals surface area (Å²) in [7, 11) is 0. The number of hydrogen-bond donors (Lipinski definition) is 0. The van der Waals surface area contributed by atoms with Gasteiger partial charge in [0.05, 0.1) is 6.42 Å². The van der Waals surface area contributed by atoms with Gasteiger partial charge in [0.2, 0.25) is 5.91 Å². The van der Waals surface area contributed by atoms with Gasteiger partial charge in [0.1, 0.15) is 0 Å². The zero-order chi connectivity index (χ0) is 19.4. The number of ketones is 1. The first-order valence-corrected chi connectivity index (χ1v) is 9.09. The number of nitrogens with zero attached hydrogens (tertiary/aromatic N) is 1. The number of Topliss-reactive ketones (excluding diaryl/α,β-unsaturated/α-hetero) is 1. The Kier molecular flexibility index (Phi) is 5.69. The Labute approximate surface area is 158 Å². The first kappa shape index (κ1) is 18.8. The Morgan fingerprint density at radius 3 is 2.41 bits per heavy atom. The summed E-state index contributed by atoms with van der Waals surface area (Å²) in [5.74, 6) is -0.581. The largest absolute Gasteiger partial charge is 0.457 e. The van der Waals surface area contributed by atoms with Gasteiger partial charge < -0.3 is 9.64 Å². The van der Waals surface area contributed by atoms with E-state index in [1.54, 1.807) is 29.2 Å². The lowest BCUT2D eigenvalue weighted by molar-refractivity contribution is -0.141. The van der Waals surface area contributed by atoms with Gasteiger partial charge in [0, 0.05) is 24.2 Å². The maximum Gasteiger partial charge on any atom is 0.310 e. The van der Waals surface area contributed by atoms with Gasteiger partial charge in [-0.25, -0.2) is 0 Å². The lowest BCUT2D eigenvalue weighted by Crippen LogP contribution is -2.23. The maximum atomic E-state index is 12.2. The number of benzene rings is 2. The van der Waals surface area contributed by atoms with Crippen molar-refractivity contribution in [2.24, 2.45) is 0 Å². The summed E-state index contributed by atoms with van der Waals surface area (Å²) in [5.41, 5.74) is 4.41. The molecule has 0 saturated carbocycles. The molecule has 1 heterocycles. The normalized spacial score (nSPS) is 13.7. The van der Waals surface area contributed by atoms with Crippen molar-refractivity contribution in [1.82, 2.24) is 0 Å². The highest BCUT2D eigenvalue weighted by molar-refractivity contribution is 5.99. The molecule has 3 rings (SSSR count). The van der Waals surface area contributed by atoms with Crippen LogP contribution in [0.25, 0.3) is 0 Å². The zero-order valence-electron chi connectivity index (χ0n) is 15.7. The topological polar surface area (TPSA) is 63.7 Å². The van der Waals surface area contributed by atoms with Crippen molar-refractivity contribution < 1.29 is 19.1 Å². The van der Waals surface area contributed by atoms with Crippen LogP contribution >= 0.6 is 0 Å². The Morgan fingerprint density at radius 1 is 1.04 bits per heavy atom. The predicted octanol–water partition coefficient (Wildman–Crippen LogP) is 3.40. The van der Waals surface area contributed by atoms with E-state index in [1.807, 2.05) is 32.0 Å². The van der Waals surface area contributed by atoms with Crippen LogP contribution in [-0.2, 0) is 20.7 Å². The van der Waals surface area contributed by atoms with Crippen molar-refractivity contribution in [3.05, 3.63) is 64.7 Å². The van der Waals surface area contributed by atoms with Crippen LogP contribution in [0, 0.1) is 13.8 Å². The molecule has 5 nitrogen and oxygen atoms in total. The summed E-state index contributed by atoms with van der Waals surface area (Å²) in [6.45, 7) is 4.43. The molecular formula is C22H23NO4. The molecule has 0 N–H and O–H groups in total. The molecule has 140 valence electrons. The van der Waals surface area contributed by atoms with Gasteiger partial charge in [-0.2, -0.15) is 0 Å². The van der Waals surface area contributed by atoms with Gasteiger partial charge in [0.25, 0.3) is 0 Å². The average Bonchev–Trinajstić information content (AvgIpc) is 3.09. The van der Waals surface area contributed by atoms with E-state index in [0.717, 1.165) is 23.2 Å². The van der Waals surface area contributed by atoms with E-state index in [1.165, 1.54) is 5.56 Å². The van der Waals surface area contributed by atoms with Crippen LogP contribution in [0.4, 0.5) is 5.69 Å². The molecule has 0 aromatic heterocycles. The number of anilines is 1. The first-order valence-electron chi connectivity index (χ1n) is 9.09. The molecule has 1 amide bonds. The third kappa shape index (κ3) is 4.61. The molecule has 5 heteroatoms. The molecule has 1 fully saturated rings. The summed E-state index contributed by atoms with van der Waals surface area (Å²) in [4.78, 5) is 37.7. The summed E-state index contributed by atoms with van der Waals surface area (Å²) in [6.07, 6.45) is 1.57. The summed E-state index contributed by atoms with van der Waals surface area (Å²) < 4.78 is 5.13. The molecule has 1 aliphatic rings. The molecule has 1 aliphatic heterocycles. The monoisotopic (exact) mass is 365 g/mol. The molecule has 0 unspecified atom stereocenters. The van der Waals surface area contributed by atoms with Crippen molar-refractivity contribution in [3.63, 3.8) is 0 Å². The molecule has 1 saturated heterocycles. The van der Waals surface area contributed by atoms with Crippen LogP contribution in [0.3, 0.4) is 0 Å². The predicted molar refractivity (Wildman–Crippen MR) is 103 cm³/mol. The summed E-state index contributed by atoms with van der Waals surface area (Å²) >= 11 is 0. The van der Waals surface area contributed by atoms with Crippen LogP contribution < -0.4 is 4.90 Å². The quantitative estimate of drug-likeness (QED) is 0.581. The molecule has 2 aromatic carbocycles. The second kappa shape index (κ2) is 8.16. The smallest absolute Gasteiger partial charge is 0.310 e. The fraction of sp³-hybridized carbons (Fsp3) is 0.318. The molecule has 0 radical (unpaired) electrons. The van der Waals surface area contributed by atoms with Gasteiger partial charge in [-0.3, -0.25) is 14.4 Å². The van der Waals surface area contributed by atoms with Gasteiger partial charge in [0.15, 0.2) is 12.4 Å². The fourth-order valence-corrected chi connectivity index (χ4v) is 3.11. The van der Waals surface area contributed by atoms with Crippen LogP contribution in [0.15, 0.2) is 42.5 Å². The number of carbonyl (C=O) groups is 3. The number of hydrogen-bond acceptors (Lipinski definition) is 4. The second-order valence-electron chi connectivity index (χ2n) is 6.88. The molecule has 2 aromatic rings. The number of amides is 1. The van der Waals surface area contributed by atoms with Crippen molar-refractivity contribution in [3.8, 4) is 0 Å². The average molecular weight is 365 g/mol. The number of ether oxygens (including phenoxy) is 1. The van der Waals surface area contributed by atoms with Crippen molar-refractivity contribution >= 4 is 23.3 Å². The molecule has 0 atom stereocenters. The van der Waals surface area contributed by atoms with Crippen LogP contribution in [-0.4, -0.2) is 30.8 Å². The van der Waals surface area contributed by atoms with E-state index < -0.39 is 5.97 Å².